The van der Waals surface area contributed by atoms with Crippen molar-refractivity contribution in [3.8, 4) is 0 Å². The van der Waals surface area contributed by atoms with Crippen molar-refractivity contribution >= 4 is 17.8 Å². The van der Waals surface area contributed by atoms with Gasteiger partial charge in [0.2, 0.25) is 11.8 Å². The fourth-order valence-corrected chi connectivity index (χ4v) is 4.41. The zero-order valence-corrected chi connectivity index (χ0v) is 18.6. The Morgan fingerprint density at radius 3 is 2.12 bits per heavy atom. The third kappa shape index (κ3) is 5.97. The minimum atomic E-state index is -1.03. The molecule has 3 rings (SSSR count). The van der Waals surface area contributed by atoms with Crippen molar-refractivity contribution in [1.29, 1.82) is 0 Å². The van der Waals surface area contributed by atoms with E-state index in [0.29, 0.717) is 38.8 Å². The Morgan fingerprint density at radius 2 is 1.61 bits per heavy atom. The van der Waals surface area contributed by atoms with Crippen molar-refractivity contribution in [2.45, 2.75) is 49.7 Å². The summed E-state index contributed by atoms with van der Waals surface area (Å²) in [6.45, 7) is 0.707. The number of carboxylic acid groups (broad SMARTS) is 1. The van der Waals surface area contributed by atoms with Crippen molar-refractivity contribution < 1.29 is 19.5 Å². The summed E-state index contributed by atoms with van der Waals surface area (Å²) in [5.41, 5.74) is 13.9. The highest BCUT2D eigenvalue weighted by molar-refractivity contribution is 5.92. The first-order valence-corrected chi connectivity index (χ1v) is 11.3. The maximum atomic E-state index is 13.3. The second-order valence-electron chi connectivity index (χ2n) is 8.34. The van der Waals surface area contributed by atoms with Crippen molar-refractivity contribution in [1.82, 2.24) is 10.2 Å². The van der Waals surface area contributed by atoms with Crippen LogP contribution in [0, 0.1) is 0 Å². The largest absolute Gasteiger partial charge is 0.480 e. The summed E-state index contributed by atoms with van der Waals surface area (Å²) in [5.74, 6) is -2.30. The number of benzene rings is 2. The van der Waals surface area contributed by atoms with Gasteiger partial charge in [0.15, 0.2) is 0 Å². The van der Waals surface area contributed by atoms with Gasteiger partial charge in [0.1, 0.15) is 12.1 Å². The summed E-state index contributed by atoms with van der Waals surface area (Å²) >= 11 is 0. The molecule has 0 aliphatic carbocycles. The van der Waals surface area contributed by atoms with Crippen LogP contribution in [0.1, 0.15) is 42.7 Å². The number of carbonyl (C=O) groups is 3. The van der Waals surface area contributed by atoms with Crippen LogP contribution in [0.2, 0.25) is 0 Å². The van der Waals surface area contributed by atoms with Crippen molar-refractivity contribution in [3.05, 3.63) is 71.8 Å². The molecule has 0 saturated carbocycles. The van der Waals surface area contributed by atoms with Gasteiger partial charge in [-0.15, -0.1) is 0 Å². The number of amides is 2. The molecule has 1 saturated heterocycles. The minimum Gasteiger partial charge on any atom is -0.480 e. The lowest BCUT2D eigenvalue weighted by Crippen LogP contribution is -2.55. The molecule has 8 heteroatoms. The zero-order chi connectivity index (χ0) is 23.8. The number of nitrogens with zero attached hydrogens (tertiary/aromatic N) is 1. The first kappa shape index (κ1) is 24.4. The molecular formula is C25H32N4O4. The van der Waals surface area contributed by atoms with Gasteiger partial charge in [-0.1, -0.05) is 60.7 Å². The number of hydrogen-bond acceptors (Lipinski definition) is 5. The highest BCUT2D eigenvalue weighted by Crippen LogP contribution is 2.27. The van der Waals surface area contributed by atoms with Gasteiger partial charge in [-0.3, -0.25) is 9.59 Å². The Morgan fingerprint density at radius 1 is 1.03 bits per heavy atom. The average molecular weight is 453 g/mol. The van der Waals surface area contributed by atoms with Gasteiger partial charge in [-0.2, -0.15) is 0 Å². The van der Waals surface area contributed by atoms with Crippen LogP contribution in [-0.2, 0) is 14.4 Å². The molecule has 2 aromatic rings. The molecule has 176 valence electrons. The lowest BCUT2D eigenvalue weighted by atomic mass is 9.85. The van der Waals surface area contributed by atoms with Crippen LogP contribution in [0.5, 0.6) is 0 Å². The van der Waals surface area contributed by atoms with Gasteiger partial charge in [0.25, 0.3) is 0 Å². The second kappa shape index (κ2) is 11.6. The molecule has 1 aliphatic rings. The van der Waals surface area contributed by atoms with Gasteiger partial charge >= 0.3 is 5.97 Å². The van der Waals surface area contributed by atoms with Crippen LogP contribution >= 0.6 is 0 Å². The van der Waals surface area contributed by atoms with Crippen LogP contribution in [-0.4, -0.2) is 59.0 Å². The monoisotopic (exact) mass is 452 g/mol. The molecule has 6 N–H and O–H groups in total. The van der Waals surface area contributed by atoms with Crippen LogP contribution in [0.4, 0.5) is 0 Å². The Hall–Kier alpha value is -3.23. The Labute approximate surface area is 193 Å². The Kier molecular flexibility index (Phi) is 8.57. The lowest BCUT2D eigenvalue weighted by molar-refractivity contribution is -0.149. The molecule has 3 atom stereocenters. The smallest absolute Gasteiger partial charge is 0.326 e. The molecule has 0 radical (unpaired) electrons. The molecule has 33 heavy (non-hydrogen) atoms. The van der Waals surface area contributed by atoms with Crippen LogP contribution in [0.15, 0.2) is 60.7 Å². The number of hydrogen-bond donors (Lipinski definition) is 4. The number of nitrogens with one attached hydrogen (secondary N) is 1. The van der Waals surface area contributed by atoms with E-state index in [-0.39, 0.29) is 0 Å². The summed E-state index contributed by atoms with van der Waals surface area (Å²) in [4.78, 5) is 39.4. The van der Waals surface area contributed by atoms with Crippen LogP contribution in [0.3, 0.4) is 0 Å². The molecule has 2 aromatic carbocycles. The first-order valence-electron chi connectivity index (χ1n) is 11.3. The summed E-state index contributed by atoms with van der Waals surface area (Å²) < 4.78 is 0. The van der Waals surface area contributed by atoms with Crippen molar-refractivity contribution in [2.24, 2.45) is 11.5 Å². The maximum absolute atomic E-state index is 13.3. The lowest BCUT2D eigenvalue weighted by Gasteiger charge is -2.30. The quantitative estimate of drug-likeness (QED) is 0.430. The Balaban J connectivity index is 1.82. The van der Waals surface area contributed by atoms with E-state index >= 15 is 0 Å². The molecule has 2 amide bonds. The standard InChI is InChI=1S/C25H32N4O4/c26-15-7-13-19(24(31)29-16-8-14-20(29)25(32)33)28-23(30)22(27)21(17-9-3-1-4-10-17)18-11-5-2-6-12-18/h1-6,9-12,19-22H,7-8,13-16,26-27H2,(H,28,30)(H,32,33)/t19-,20-,22-/m0/s1. The molecular weight excluding hydrogens is 420 g/mol. The van der Waals surface area contributed by atoms with E-state index < -0.39 is 41.8 Å². The number of carboxylic acids is 1. The van der Waals surface area contributed by atoms with E-state index in [1.165, 1.54) is 4.90 Å². The van der Waals surface area contributed by atoms with E-state index in [4.69, 9.17) is 11.5 Å². The highest BCUT2D eigenvalue weighted by Gasteiger charge is 2.38. The summed E-state index contributed by atoms with van der Waals surface area (Å²) in [6, 6.07) is 16.3. The molecule has 1 aliphatic heterocycles. The number of aliphatic carboxylic acids is 1. The number of nitrogens with two attached hydrogens (primary N) is 2. The van der Waals surface area contributed by atoms with Crippen LogP contribution < -0.4 is 16.8 Å². The number of rotatable bonds is 10. The normalized spacial score (nSPS) is 17.5. The van der Waals surface area contributed by atoms with E-state index in [0.717, 1.165) is 11.1 Å². The third-order valence-electron chi connectivity index (χ3n) is 6.11. The fraction of sp³-hybridized carbons (Fsp3) is 0.400. The van der Waals surface area contributed by atoms with Gasteiger partial charge < -0.3 is 26.8 Å². The van der Waals surface area contributed by atoms with E-state index in [1.54, 1.807) is 0 Å². The molecule has 0 unspecified atom stereocenters. The molecule has 8 nitrogen and oxygen atoms in total. The first-order chi connectivity index (χ1) is 15.9. The maximum Gasteiger partial charge on any atom is 0.326 e. The van der Waals surface area contributed by atoms with Gasteiger partial charge in [0.05, 0.1) is 6.04 Å². The SMILES string of the molecule is NCCC[C@H](NC(=O)[C@@H](N)C(c1ccccc1)c1ccccc1)C(=O)N1CCC[C@H]1C(=O)O. The van der Waals surface area contributed by atoms with Gasteiger partial charge in [-0.05, 0) is 43.4 Å². The third-order valence-corrected chi connectivity index (χ3v) is 6.11. The molecule has 0 spiro atoms. The zero-order valence-electron chi connectivity index (χ0n) is 18.6. The highest BCUT2D eigenvalue weighted by atomic mass is 16.4. The van der Waals surface area contributed by atoms with Gasteiger partial charge in [-0.25, -0.2) is 4.79 Å². The predicted molar refractivity (Wildman–Crippen MR) is 125 cm³/mol. The van der Waals surface area contributed by atoms with Gasteiger partial charge in [0, 0.05) is 12.5 Å². The Bertz CT molecular complexity index is 898. The van der Waals surface area contributed by atoms with E-state index in [1.807, 2.05) is 60.7 Å². The number of carbonyl (C=O) groups excluding carboxylic acids is 2. The molecule has 0 bridgehead atoms. The molecule has 0 aromatic heterocycles. The van der Waals surface area contributed by atoms with E-state index in [2.05, 4.69) is 5.32 Å². The average Bonchev–Trinajstić information content (AvgIpc) is 3.33. The fourth-order valence-electron chi connectivity index (χ4n) is 4.41. The second-order valence-corrected chi connectivity index (χ2v) is 8.34. The van der Waals surface area contributed by atoms with Crippen molar-refractivity contribution in [2.75, 3.05) is 13.1 Å². The summed E-state index contributed by atoms with van der Waals surface area (Å²) in [5, 5.41) is 12.3. The predicted octanol–water partition coefficient (Wildman–Crippen LogP) is 1.45. The topological polar surface area (TPSA) is 139 Å². The van der Waals surface area contributed by atoms with Crippen LogP contribution in [0.25, 0.3) is 0 Å². The summed E-state index contributed by atoms with van der Waals surface area (Å²) in [7, 11) is 0. The van der Waals surface area contributed by atoms with E-state index in [9.17, 15) is 19.5 Å². The van der Waals surface area contributed by atoms with Crippen molar-refractivity contribution in [3.63, 3.8) is 0 Å². The summed E-state index contributed by atoms with van der Waals surface area (Å²) in [6.07, 6.45) is 1.85. The molecule has 1 fully saturated rings. The number of likely N-dealkylation sites (tertiary alicyclic amines) is 1. The molecule has 1 heterocycles. The minimum absolute atomic E-state index is 0.317.